The second-order valence-electron chi connectivity index (χ2n) is 6.52. The van der Waals surface area contributed by atoms with Crippen molar-refractivity contribution in [2.75, 3.05) is 11.1 Å². The molecule has 0 saturated heterocycles. The van der Waals surface area contributed by atoms with E-state index in [1.54, 1.807) is 27.8 Å². The maximum atomic E-state index is 12.4. The fraction of sp³-hybridized carbons (Fsp3) is 0.150. The molecule has 28 heavy (non-hydrogen) atoms. The normalized spacial score (nSPS) is 16.6. The fourth-order valence-electron chi connectivity index (χ4n) is 3.41. The van der Waals surface area contributed by atoms with E-state index in [9.17, 15) is 4.79 Å². The Labute approximate surface area is 174 Å². The van der Waals surface area contributed by atoms with Crippen LogP contribution in [0.2, 0.25) is 5.02 Å². The molecule has 140 valence electrons. The Morgan fingerprint density at radius 2 is 2.07 bits per heavy atom. The molecule has 1 N–H and O–H groups in total. The molecule has 0 aliphatic carbocycles. The lowest BCUT2D eigenvalue weighted by Gasteiger charge is -2.15. The van der Waals surface area contributed by atoms with Crippen LogP contribution >= 0.6 is 34.7 Å². The lowest BCUT2D eigenvalue weighted by molar-refractivity contribution is -0.113. The Balaban J connectivity index is 1.70. The molecule has 0 spiro atoms. The number of para-hydroxylation sites is 1. The molecule has 0 saturated carbocycles. The van der Waals surface area contributed by atoms with Crippen molar-refractivity contribution in [2.45, 2.75) is 12.2 Å². The number of aryl methyl sites for hydroxylation is 1. The van der Waals surface area contributed by atoms with Gasteiger partial charge in [-0.15, -0.1) is 11.8 Å². The van der Waals surface area contributed by atoms with Crippen LogP contribution < -0.4 is 5.32 Å². The van der Waals surface area contributed by atoms with E-state index in [0.717, 1.165) is 32.2 Å². The first-order chi connectivity index (χ1) is 13.6. The number of halogens is 1. The summed E-state index contributed by atoms with van der Waals surface area (Å²) < 4.78 is 2.84. The minimum Gasteiger partial charge on any atom is -0.310 e. The van der Waals surface area contributed by atoms with Crippen molar-refractivity contribution in [2.24, 2.45) is 0 Å². The number of thiazole rings is 1. The van der Waals surface area contributed by atoms with Gasteiger partial charge in [0.2, 0.25) is 11.0 Å². The highest BCUT2D eigenvalue weighted by Crippen LogP contribution is 2.44. The van der Waals surface area contributed by atoms with Crippen LogP contribution in [0.15, 0.2) is 48.5 Å². The van der Waals surface area contributed by atoms with Crippen LogP contribution in [0.25, 0.3) is 15.3 Å². The molecule has 0 fully saturated rings. The van der Waals surface area contributed by atoms with Gasteiger partial charge in [-0.3, -0.25) is 4.79 Å². The molecule has 5 nitrogen and oxygen atoms in total. The van der Waals surface area contributed by atoms with Gasteiger partial charge < -0.3 is 5.32 Å². The van der Waals surface area contributed by atoms with Gasteiger partial charge in [0, 0.05) is 10.6 Å². The highest BCUT2D eigenvalue weighted by molar-refractivity contribution is 8.00. The summed E-state index contributed by atoms with van der Waals surface area (Å²) in [5, 5.41) is 9.17. The van der Waals surface area contributed by atoms with Gasteiger partial charge in [0.25, 0.3) is 0 Å². The number of hydrogen-bond acceptors (Lipinski definition) is 5. The summed E-state index contributed by atoms with van der Waals surface area (Å²) >= 11 is 9.36. The number of hydrogen-bond donors (Lipinski definition) is 1. The molecule has 8 heteroatoms. The summed E-state index contributed by atoms with van der Waals surface area (Å²) in [6, 6.07) is 15.8. The van der Waals surface area contributed by atoms with Crippen molar-refractivity contribution in [3.05, 3.63) is 70.4 Å². The summed E-state index contributed by atoms with van der Waals surface area (Å²) in [5.41, 5.74) is 3.85. The standard InChI is InChI=1S/C20H15ClN4OS2/c1-11-17-18(12-5-4-6-13(21)9-12)27-10-16(26)23-19(17)25(24-11)20-22-14-7-2-3-8-15(14)28-20/h2-9,18H,10H2,1H3,(H,23,26). The van der Waals surface area contributed by atoms with Crippen molar-refractivity contribution < 1.29 is 4.79 Å². The average Bonchev–Trinajstić information content (AvgIpc) is 3.18. The van der Waals surface area contributed by atoms with Crippen molar-refractivity contribution in [1.29, 1.82) is 0 Å². The SMILES string of the molecule is Cc1nn(-c2nc3ccccc3s2)c2c1C(c1cccc(Cl)c1)SCC(=O)N2. The van der Waals surface area contributed by atoms with Gasteiger partial charge in [-0.25, -0.2) is 4.98 Å². The van der Waals surface area contributed by atoms with Gasteiger partial charge in [-0.2, -0.15) is 9.78 Å². The predicted molar refractivity (Wildman–Crippen MR) is 116 cm³/mol. The van der Waals surface area contributed by atoms with Crippen LogP contribution in [0, 0.1) is 6.92 Å². The second-order valence-corrected chi connectivity index (χ2v) is 9.06. The molecule has 5 rings (SSSR count). The molecule has 1 amide bonds. The van der Waals surface area contributed by atoms with Crippen LogP contribution in [-0.4, -0.2) is 26.4 Å². The van der Waals surface area contributed by atoms with Crippen molar-refractivity contribution in [3.8, 4) is 5.13 Å². The summed E-state index contributed by atoms with van der Waals surface area (Å²) in [4.78, 5) is 17.2. The van der Waals surface area contributed by atoms with Gasteiger partial charge in [-0.05, 0) is 36.8 Å². The zero-order valence-electron chi connectivity index (χ0n) is 14.8. The van der Waals surface area contributed by atoms with E-state index in [2.05, 4.69) is 5.32 Å². The van der Waals surface area contributed by atoms with E-state index in [1.165, 1.54) is 0 Å². The number of rotatable bonds is 2. The molecule has 0 bridgehead atoms. The number of amides is 1. The largest absolute Gasteiger partial charge is 0.310 e. The highest BCUT2D eigenvalue weighted by Gasteiger charge is 2.31. The topological polar surface area (TPSA) is 59.8 Å². The Bertz CT molecular complexity index is 1180. The van der Waals surface area contributed by atoms with Gasteiger partial charge in [0.15, 0.2) is 0 Å². The summed E-state index contributed by atoms with van der Waals surface area (Å²) in [7, 11) is 0. The first kappa shape index (κ1) is 17.7. The van der Waals surface area contributed by atoms with Crippen molar-refractivity contribution in [1.82, 2.24) is 14.8 Å². The predicted octanol–water partition coefficient (Wildman–Crippen LogP) is 5.22. The zero-order chi connectivity index (χ0) is 19.3. The summed E-state index contributed by atoms with van der Waals surface area (Å²) in [5.74, 6) is 1.01. The number of benzene rings is 2. The third-order valence-corrected chi connectivity index (χ3v) is 7.14. The van der Waals surface area contributed by atoms with Gasteiger partial charge in [0.05, 0.1) is 26.9 Å². The third-order valence-electron chi connectivity index (χ3n) is 4.62. The molecule has 1 aliphatic rings. The number of fused-ring (bicyclic) bond motifs is 2. The smallest absolute Gasteiger partial charge is 0.235 e. The van der Waals surface area contributed by atoms with Crippen LogP contribution in [0.1, 0.15) is 22.1 Å². The van der Waals surface area contributed by atoms with E-state index in [4.69, 9.17) is 21.7 Å². The Morgan fingerprint density at radius 1 is 1.21 bits per heavy atom. The lowest BCUT2D eigenvalue weighted by Crippen LogP contribution is -2.15. The van der Waals surface area contributed by atoms with Crippen LogP contribution in [0.5, 0.6) is 0 Å². The number of nitrogens with one attached hydrogen (secondary N) is 1. The van der Waals surface area contributed by atoms with Gasteiger partial charge in [0.1, 0.15) is 5.82 Å². The summed E-state index contributed by atoms with van der Waals surface area (Å²) in [6.45, 7) is 1.97. The molecule has 2 aromatic carbocycles. The number of carbonyl (C=O) groups is 1. The fourth-order valence-corrected chi connectivity index (χ4v) is 5.71. The zero-order valence-corrected chi connectivity index (χ0v) is 17.2. The number of anilines is 1. The van der Waals surface area contributed by atoms with E-state index in [1.807, 2.05) is 55.5 Å². The molecular weight excluding hydrogens is 412 g/mol. The van der Waals surface area contributed by atoms with Crippen molar-refractivity contribution >= 4 is 56.6 Å². The van der Waals surface area contributed by atoms with E-state index in [-0.39, 0.29) is 11.2 Å². The number of thioether (sulfide) groups is 1. The Kier molecular flexibility index (Phi) is 4.38. The van der Waals surface area contributed by atoms with Crippen LogP contribution in [0.3, 0.4) is 0 Å². The average molecular weight is 427 g/mol. The number of carbonyl (C=O) groups excluding carboxylic acids is 1. The Hall–Kier alpha value is -2.35. The summed E-state index contributed by atoms with van der Waals surface area (Å²) in [6.07, 6.45) is 0. The minimum atomic E-state index is -0.0435. The maximum Gasteiger partial charge on any atom is 0.235 e. The molecule has 1 atom stereocenters. The number of nitrogens with zero attached hydrogens (tertiary/aromatic N) is 3. The van der Waals surface area contributed by atoms with Gasteiger partial charge >= 0.3 is 0 Å². The molecule has 0 radical (unpaired) electrons. The van der Waals surface area contributed by atoms with E-state index in [0.29, 0.717) is 16.6 Å². The van der Waals surface area contributed by atoms with E-state index < -0.39 is 0 Å². The molecule has 2 aromatic heterocycles. The molecule has 1 aliphatic heterocycles. The lowest BCUT2D eigenvalue weighted by atomic mass is 10.0. The number of aromatic nitrogens is 3. The maximum absolute atomic E-state index is 12.4. The molecular formula is C20H15ClN4OS2. The molecule has 3 heterocycles. The van der Waals surface area contributed by atoms with Crippen molar-refractivity contribution in [3.63, 3.8) is 0 Å². The van der Waals surface area contributed by atoms with E-state index >= 15 is 0 Å². The highest BCUT2D eigenvalue weighted by atomic mass is 35.5. The van der Waals surface area contributed by atoms with Crippen LogP contribution in [-0.2, 0) is 4.79 Å². The van der Waals surface area contributed by atoms with Gasteiger partial charge in [-0.1, -0.05) is 47.2 Å². The first-order valence-electron chi connectivity index (χ1n) is 8.72. The molecule has 1 unspecified atom stereocenters. The monoisotopic (exact) mass is 426 g/mol. The first-order valence-corrected chi connectivity index (χ1v) is 11.0. The second kappa shape index (κ2) is 6.92. The minimum absolute atomic E-state index is 0.0317. The van der Waals surface area contributed by atoms with Crippen LogP contribution in [0.4, 0.5) is 5.82 Å². The molecule has 4 aromatic rings. The third kappa shape index (κ3) is 2.99. The quantitative estimate of drug-likeness (QED) is 0.477. The Morgan fingerprint density at radius 3 is 2.89 bits per heavy atom.